The number of carbonyl (C=O) groups excluding carboxylic acids is 2. The van der Waals surface area contributed by atoms with Crippen LogP contribution >= 0.6 is 23.4 Å². The summed E-state index contributed by atoms with van der Waals surface area (Å²) < 4.78 is 0. The van der Waals surface area contributed by atoms with Crippen molar-refractivity contribution in [1.29, 1.82) is 0 Å². The SMILES string of the molecule is CN(C)c1ccc(C=C2SC(=O)N(CNc3ccccc3Cl)C2=O)cc1. The number of hydrogen-bond donors (Lipinski definition) is 1. The van der Waals surface area contributed by atoms with E-state index in [0.717, 1.165) is 23.0 Å². The number of halogens is 1. The van der Waals surface area contributed by atoms with Gasteiger partial charge in [-0.3, -0.25) is 14.5 Å². The Morgan fingerprint density at radius 1 is 1.12 bits per heavy atom. The summed E-state index contributed by atoms with van der Waals surface area (Å²) in [6.45, 7) is 0.0747. The molecule has 0 spiro atoms. The molecule has 0 aliphatic carbocycles. The number of hydrogen-bond acceptors (Lipinski definition) is 5. The topological polar surface area (TPSA) is 52.7 Å². The number of benzene rings is 2. The summed E-state index contributed by atoms with van der Waals surface area (Å²) in [5, 5.41) is 3.26. The zero-order chi connectivity index (χ0) is 18.7. The van der Waals surface area contributed by atoms with E-state index in [4.69, 9.17) is 11.6 Å². The van der Waals surface area contributed by atoms with Gasteiger partial charge in [-0.05, 0) is 47.7 Å². The molecule has 0 saturated carbocycles. The molecule has 0 atom stereocenters. The van der Waals surface area contributed by atoms with Gasteiger partial charge in [0.2, 0.25) is 0 Å². The molecule has 1 heterocycles. The van der Waals surface area contributed by atoms with E-state index >= 15 is 0 Å². The molecule has 5 nitrogen and oxygen atoms in total. The largest absolute Gasteiger partial charge is 0.378 e. The van der Waals surface area contributed by atoms with Gasteiger partial charge in [0.1, 0.15) is 0 Å². The van der Waals surface area contributed by atoms with Gasteiger partial charge in [-0.1, -0.05) is 35.9 Å². The third kappa shape index (κ3) is 4.03. The Labute approximate surface area is 161 Å². The molecule has 2 amide bonds. The molecule has 2 aromatic carbocycles. The summed E-state index contributed by atoms with van der Waals surface area (Å²) in [5.74, 6) is -0.309. The third-order valence-electron chi connectivity index (χ3n) is 3.88. The minimum absolute atomic E-state index is 0.0747. The van der Waals surface area contributed by atoms with Crippen LogP contribution in [0.15, 0.2) is 53.4 Å². The summed E-state index contributed by atoms with van der Waals surface area (Å²) >= 11 is 7.02. The lowest BCUT2D eigenvalue weighted by Gasteiger charge is -2.15. The molecule has 0 aromatic heterocycles. The van der Waals surface area contributed by atoms with E-state index in [1.54, 1.807) is 18.2 Å². The molecule has 2 aromatic rings. The molecule has 0 unspecified atom stereocenters. The second-order valence-corrected chi connectivity index (χ2v) is 7.31. The van der Waals surface area contributed by atoms with Crippen LogP contribution in [0.4, 0.5) is 16.2 Å². The molecular weight excluding hydrogens is 370 g/mol. The minimum Gasteiger partial charge on any atom is -0.378 e. The lowest BCUT2D eigenvalue weighted by molar-refractivity contribution is -0.122. The van der Waals surface area contributed by atoms with Crippen LogP contribution in [-0.4, -0.2) is 36.8 Å². The van der Waals surface area contributed by atoms with Gasteiger partial charge in [-0.15, -0.1) is 0 Å². The lowest BCUT2D eigenvalue weighted by Crippen LogP contribution is -2.33. The molecule has 0 bridgehead atoms. The van der Waals surface area contributed by atoms with Gasteiger partial charge in [0.25, 0.3) is 11.1 Å². The third-order valence-corrected chi connectivity index (χ3v) is 5.12. The molecule has 3 rings (SSSR count). The summed E-state index contributed by atoms with van der Waals surface area (Å²) in [6, 6.07) is 15.0. The van der Waals surface area contributed by atoms with E-state index in [-0.39, 0.29) is 17.8 Å². The highest BCUT2D eigenvalue weighted by Crippen LogP contribution is 2.32. The standard InChI is InChI=1S/C19H18ClN3O2S/c1-22(2)14-9-7-13(8-10-14)11-17-18(24)23(19(25)26-17)12-21-16-6-4-3-5-15(16)20/h3-11,21H,12H2,1-2H3. The van der Waals surface area contributed by atoms with Crippen molar-refractivity contribution in [2.45, 2.75) is 0 Å². The Morgan fingerprint density at radius 3 is 2.46 bits per heavy atom. The number of amides is 2. The van der Waals surface area contributed by atoms with Crippen LogP contribution in [0.1, 0.15) is 5.56 Å². The Balaban J connectivity index is 1.71. The van der Waals surface area contributed by atoms with E-state index in [1.807, 2.05) is 55.4 Å². The fourth-order valence-electron chi connectivity index (χ4n) is 2.43. The molecule has 1 saturated heterocycles. The number of para-hydroxylation sites is 1. The fraction of sp³-hybridized carbons (Fsp3) is 0.158. The molecule has 26 heavy (non-hydrogen) atoms. The number of carbonyl (C=O) groups is 2. The Bertz CT molecular complexity index is 865. The summed E-state index contributed by atoms with van der Waals surface area (Å²) in [4.78, 5) is 28.3. The highest BCUT2D eigenvalue weighted by atomic mass is 35.5. The smallest absolute Gasteiger partial charge is 0.295 e. The van der Waals surface area contributed by atoms with Crippen LogP contribution in [0, 0.1) is 0 Å². The first kappa shape index (κ1) is 18.4. The van der Waals surface area contributed by atoms with Crippen molar-refractivity contribution >= 4 is 52.0 Å². The average Bonchev–Trinajstić information content (AvgIpc) is 2.88. The maximum absolute atomic E-state index is 12.5. The maximum atomic E-state index is 12.5. The van der Waals surface area contributed by atoms with Crippen molar-refractivity contribution in [2.24, 2.45) is 0 Å². The first-order valence-corrected chi connectivity index (χ1v) is 9.16. The van der Waals surface area contributed by atoms with Gasteiger partial charge < -0.3 is 10.2 Å². The Hall–Kier alpha value is -2.44. The highest BCUT2D eigenvalue weighted by Gasteiger charge is 2.34. The fourth-order valence-corrected chi connectivity index (χ4v) is 3.47. The van der Waals surface area contributed by atoms with Gasteiger partial charge in [0.05, 0.1) is 22.3 Å². The molecular formula is C19H18ClN3O2S. The molecule has 1 aliphatic rings. The zero-order valence-corrected chi connectivity index (χ0v) is 16.0. The van der Waals surface area contributed by atoms with Crippen LogP contribution < -0.4 is 10.2 Å². The van der Waals surface area contributed by atoms with Gasteiger partial charge in [-0.2, -0.15) is 0 Å². The van der Waals surface area contributed by atoms with Crippen LogP contribution in [0.3, 0.4) is 0 Å². The van der Waals surface area contributed by atoms with Crippen molar-refractivity contribution in [3.8, 4) is 0 Å². The first-order valence-electron chi connectivity index (χ1n) is 7.97. The van der Waals surface area contributed by atoms with Crippen molar-refractivity contribution in [3.63, 3.8) is 0 Å². The predicted octanol–water partition coefficient (Wildman–Crippen LogP) is 4.51. The molecule has 1 N–H and O–H groups in total. The minimum atomic E-state index is -0.309. The second kappa shape index (κ2) is 7.85. The van der Waals surface area contributed by atoms with Gasteiger partial charge in [0.15, 0.2) is 0 Å². The molecule has 1 fully saturated rings. The molecule has 1 aliphatic heterocycles. The average molecular weight is 388 g/mol. The summed E-state index contributed by atoms with van der Waals surface area (Å²) in [5.41, 5.74) is 2.62. The Kier molecular flexibility index (Phi) is 5.54. The number of nitrogens with one attached hydrogen (secondary N) is 1. The van der Waals surface area contributed by atoms with E-state index < -0.39 is 0 Å². The predicted molar refractivity (Wildman–Crippen MR) is 109 cm³/mol. The van der Waals surface area contributed by atoms with E-state index in [0.29, 0.717) is 15.6 Å². The van der Waals surface area contributed by atoms with Crippen molar-refractivity contribution < 1.29 is 9.59 Å². The van der Waals surface area contributed by atoms with E-state index in [1.165, 1.54) is 4.90 Å². The number of imide groups is 1. The van der Waals surface area contributed by atoms with Crippen molar-refractivity contribution in [3.05, 3.63) is 64.0 Å². The molecule has 134 valence electrons. The second-order valence-electron chi connectivity index (χ2n) is 5.91. The summed E-state index contributed by atoms with van der Waals surface area (Å²) in [6.07, 6.45) is 1.74. The lowest BCUT2D eigenvalue weighted by atomic mass is 10.2. The normalized spacial score (nSPS) is 15.7. The van der Waals surface area contributed by atoms with Gasteiger partial charge in [0, 0.05) is 19.8 Å². The number of rotatable bonds is 5. The number of thioether (sulfide) groups is 1. The van der Waals surface area contributed by atoms with E-state index in [2.05, 4.69) is 5.32 Å². The van der Waals surface area contributed by atoms with Crippen LogP contribution in [0.5, 0.6) is 0 Å². The number of anilines is 2. The van der Waals surface area contributed by atoms with Crippen molar-refractivity contribution in [2.75, 3.05) is 31.0 Å². The highest BCUT2D eigenvalue weighted by molar-refractivity contribution is 8.18. The first-order chi connectivity index (χ1) is 12.5. The monoisotopic (exact) mass is 387 g/mol. The molecule has 0 radical (unpaired) electrons. The zero-order valence-electron chi connectivity index (χ0n) is 14.4. The Morgan fingerprint density at radius 2 is 1.81 bits per heavy atom. The van der Waals surface area contributed by atoms with Crippen molar-refractivity contribution in [1.82, 2.24) is 4.90 Å². The van der Waals surface area contributed by atoms with Crippen LogP contribution in [0.25, 0.3) is 6.08 Å². The quantitative estimate of drug-likeness (QED) is 0.765. The summed E-state index contributed by atoms with van der Waals surface area (Å²) in [7, 11) is 3.93. The molecule has 7 heteroatoms. The number of nitrogens with zero attached hydrogens (tertiary/aromatic N) is 2. The maximum Gasteiger partial charge on any atom is 0.295 e. The van der Waals surface area contributed by atoms with Crippen LogP contribution in [-0.2, 0) is 4.79 Å². The van der Waals surface area contributed by atoms with Gasteiger partial charge in [-0.25, -0.2) is 0 Å². The van der Waals surface area contributed by atoms with E-state index in [9.17, 15) is 9.59 Å². The van der Waals surface area contributed by atoms with Gasteiger partial charge >= 0.3 is 0 Å². The van der Waals surface area contributed by atoms with Crippen LogP contribution in [0.2, 0.25) is 5.02 Å².